The van der Waals surface area contributed by atoms with Crippen molar-refractivity contribution in [3.8, 4) is 17.2 Å². The maximum Gasteiger partial charge on any atom is 0.228 e. The third kappa shape index (κ3) is 3.29. The second-order valence-corrected chi connectivity index (χ2v) is 6.62. The molecular weight excluding hydrogens is 338 g/mol. The first-order valence-corrected chi connectivity index (χ1v) is 8.63. The van der Waals surface area contributed by atoms with Crippen LogP contribution in [-0.4, -0.2) is 63.7 Å². The van der Waals surface area contributed by atoms with E-state index in [0.29, 0.717) is 42.6 Å². The number of hydrogen-bond donors (Lipinski definition) is 1. The molecule has 1 aromatic carbocycles. The Morgan fingerprint density at radius 3 is 2.27 bits per heavy atom. The van der Waals surface area contributed by atoms with Gasteiger partial charge in [-0.25, -0.2) is 0 Å². The van der Waals surface area contributed by atoms with Gasteiger partial charge in [0.1, 0.15) is 0 Å². The van der Waals surface area contributed by atoms with E-state index in [1.807, 2.05) is 0 Å². The van der Waals surface area contributed by atoms with Gasteiger partial charge in [0.15, 0.2) is 11.5 Å². The summed E-state index contributed by atoms with van der Waals surface area (Å²) >= 11 is 0. The quantitative estimate of drug-likeness (QED) is 0.824. The van der Waals surface area contributed by atoms with Crippen LogP contribution in [0.2, 0.25) is 0 Å². The van der Waals surface area contributed by atoms with Gasteiger partial charge >= 0.3 is 0 Å². The van der Waals surface area contributed by atoms with Gasteiger partial charge in [0.2, 0.25) is 17.6 Å². The Kier molecular flexibility index (Phi) is 5.22. The van der Waals surface area contributed by atoms with Crippen molar-refractivity contribution in [3.05, 3.63) is 12.1 Å². The molecule has 0 aromatic heterocycles. The maximum atomic E-state index is 12.7. The van der Waals surface area contributed by atoms with E-state index in [4.69, 9.17) is 19.9 Å². The molecule has 1 unspecified atom stereocenters. The van der Waals surface area contributed by atoms with Gasteiger partial charge in [0.25, 0.3) is 0 Å². The number of rotatable bonds is 5. The minimum Gasteiger partial charge on any atom is -0.493 e. The molecule has 0 radical (unpaired) electrons. The molecule has 26 heavy (non-hydrogen) atoms. The molecule has 2 saturated heterocycles. The average molecular weight is 363 g/mol. The van der Waals surface area contributed by atoms with Gasteiger partial charge in [-0.05, 0) is 6.42 Å². The zero-order chi connectivity index (χ0) is 18.8. The molecule has 2 N–H and O–H groups in total. The van der Waals surface area contributed by atoms with Gasteiger partial charge in [-0.1, -0.05) is 0 Å². The Labute approximate surface area is 152 Å². The summed E-state index contributed by atoms with van der Waals surface area (Å²) in [6.45, 7) is 1.56. The summed E-state index contributed by atoms with van der Waals surface area (Å²) in [7, 11) is 4.57. The number of carbonyl (C=O) groups excluding carboxylic acids is 2. The standard InChI is InChI=1S/C18H25N3O5/c1-24-14-7-13(8-15(25-2)17(14)26-3)21-9-11(6-16(21)22)18(23)20-5-4-12(19)10-20/h7-8,11-12H,4-6,9-10,19H2,1-3H3/t11?,12-/m1/s1. The van der Waals surface area contributed by atoms with Gasteiger partial charge in [-0.2, -0.15) is 0 Å². The highest BCUT2D eigenvalue weighted by atomic mass is 16.5. The van der Waals surface area contributed by atoms with Crippen LogP contribution >= 0.6 is 0 Å². The first-order valence-electron chi connectivity index (χ1n) is 8.63. The normalized spacial score (nSPS) is 22.7. The summed E-state index contributed by atoms with van der Waals surface area (Å²) in [5.41, 5.74) is 6.51. The number of anilines is 1. The highest BCUT2D eigenvalue weighted by Gasteiger charge is 2.39. The lowest BCUT2D eigenvalue weighted by Crippen LogP contribution is -2.37. The van der Waals surface area contributed by atoms with Crippen molar-refractivity contribution in [2.75, 3.05) is 45.9 Å². The number of hydrogen-bond acceptors (Lipinski definition) is 6. The van der Waals surface area contributed by atoms with Crippen molar-refractivity contribution < 1.29 is 23.8 Å². The molecule has 2 amide bonds. The number of nitrogens with zero attached hydrogens (tertiary/aromatic N) is 2. The smallest absolute Gasteiger partial charge is 0.228 e. The van der Waals surface area contributed by atoms with Crippen LogP contribution in [0.15, 0.2) is 12.1 Å². The van der Waals surface area contributed by atoms with Crippen molar-refractivity contribution >= 4 is 17.5 Å². The fraction of sp³-hybridized carbons (Fsp3) is 0.556. The second kappa shape index (κ2) is 7.41. The first-order chi connectivity index (χ1) is 12.5. The summed E-state index contributed by atoms with van der Waals surface area (Å²) in [6, 6.07) is 3.47. The number of ether oxygens (including phenoxy) is 3. The molecule has 3 rings (SSSR count). The minimum absolute atomic E-state index is 0.00115. The summed E-state index contributed by atoms with van der Waals surface area (Å²) in [4.78, 5) is 28.6. The largest absolute Gasteiger partial charge is 0.493 e. The predicted octanol–water partition coefficient (Wildman–Crippen LogP) is 0.625. The van der Waals surface area contributed by atoms with E-state index < -0.39 is 0 Å². The first kappa shape index (κ1) is 18.3. The Balaban J connectivity index is 1.82. The molecule has 0 spiro atoms. The van der Waals surface area contributed by atoms with E-state index >= 15 is 0 Å². The van der Waals surface area contributed by atoms with E-state index in [1.165, 1.54) is 21.3 Å². The SMILES string of the molecule is COc1cc(N2CC(C(=O)N3CC[C@@H](N)C3)CC2=O)cc(OC)c1OC. The topological polar surface area (TPSA) is 94.3 Å². The lowest BCUT2D eigenvalue weighted by molar-refractivity contribution is -0.134. The molecule has 2 aliphatic rings. The number of methoxy groups -OCH3 is 3. The molecule has 8 nitrogen and oxygen atoms in total. The highest BCUT2D eigenvalue weighted by molar-refractivity contribution is 6.00. The van der Waals surface area contributed by atoms with Gasteiger partial charge < -0.3 is 29.7 Å². The molecule has 0 bridgehead atoms. The van der Waals surface area contributed by atoms with E-state index in [1.54, 1.807) is 21.9 Å². The summed E-state index contributed by atoms with van der Waals surface area (Å²) in [5.74, 6) is 0.947. The van der Waals surface area contributed by atoms with Gasteiger partial charge in [-0.15, -0.1) is 0 Å². The van der Waals surface area contributed by atoms with Crippen LogP contribution in [-0.2, 0) is 9.59 Å². The second-order valence-electron chi connectivity index (χ2n) is 6.62. The van der Waals surface area contributed by atoms with Gasteiger partial charge in [0, 0.05) is 44.2 Å². The number of nitrogens with two attached hydrogens (primary N) is 1. The molecule has 2 atom stereocenters. The van der Waals surface area contributed by atoms with Crippen LogP contribution in [0.4, 0.5) is 5.69 Å². The molecular formula is C18H25N3O5. The van der Waals surface area contributed by atoms with E-state index in [2.05, 4.69) is 0 Å². The van der Waals surface area contributed by atoms with Gasteiger partial charge in [-0.3, -0.25) is 9.59 Å². The molecule has 0 saturated carbocycles. The lowest BCUT2D eigenvalue weighted by Gasteiger charge is -2.22. The average Bonchev–Trinajstić information content (AvgIpc) is 3.25. The molecule has 2 aliphatic heterocycles. The molecule has 0 aliphatic carbocycles. The summed E-state index contributed by atoms with van der Waals surface area (Å²) in [5, 5.41) is 0. The Hall–Kier alpha value is -2.48. The third-order valence-corrected chi connectivity index (χ3v) is 4.97. The highest BCUT2D eigenvalue weighted by Crippen LogP contribution is 2.42. The Morgan fingerprint density at radius 1 is 1.12 bits per heavy atom. The van der Waals surface area contributed by atoms with E-state index in [-0.39, 0.29) is 30.2 Å². The number of amides is 2. The van der Waals surface area contributed by atoms with Crippen molar-refractivity contribution in [1.29, 1.82) is 0 Å². The molecule has 2 fully saturated rings. The predicted molar refractivity (Wildman–Crippen MR) is 95.7 cm³/mol. The summed E-state index contributed by atoms with van der Waals surface area (Å²) < 4.78 is 16.0. The molecule has 1 aromatic rings. The maximum absolute atomic E-state index is 12.7. The zero-order valence-corrected chi connectivity index (χ0v) is 15.4. The number of likely N-dealkylation sites (tertiary alicyclic amines) is 1. The molecule has 2 heterocycles. The monoisotopic (exact) mass is 363 g/mol. The van der Waals surface area contributed by atoms with Crippen molar-refractivity contribution in [3.63, 3.8) is 0 Å². The zero-order valence-electron chi connectivity index (χ0n) is 15.4. The molecule has 8 heteroatoms. The lowest BCUT2D eigenvalue weighted by atomic mass is 10.1. The van der Waals surface area contributed by atoms with Crippen molar-refractivity contribution in [1.82, 2.24) is 4.90 Å². The van der Waals surface area contributed by atoms with Crippen LogP contribution in [0.1, 0.15) is 12.8 Å². The van der Waals surface area contributed by atoms with E-state index in [0.717, 1.165) is 6.42 Å². The number of carbonyl (C=O) groups is 2. The fourth-order valence-electron chi connectivity index (χ4n) is 3.59. The van der Waals surface area contributed by atoms with Crippen molar-refractivity contribution in [2.24, 2.45) is 11.7 Å². The van der Waals surface area contributed by atoms with Crippen LogP contribution in [0.5, 0.6) is 17.2 Å². The van der Waals surface area contributed by atoms with Crippen LogP contribution in [0.3, 0.4) is 0 Å². The van der Waals surface area contributed by atoms with Gasteiger partial charge in [0.05, 0.1) is 32.9 Å². The minimum atomic E-state index is -0.355. The fourth-order valence-corrected chi connectivity index (χ4v) is 3.59. The Morgan fingerprint density at radius 2 is 1.77 bits per heavy atom. The number of benzene rings is 1. The van der Waals surface area contributed by atoms with E-state index in [9.17, 15) is 9.59 Å². The van der Waals surface area contributed by atoms with Crippen molar-refractivity contribution in [2.45, 2.75) is 18.9 Å². The molecule has 142 valence electrons. The summed E-state index contributed by atoms with van der Waals surface area (Å²) in [6.07, 6.45) is 1.00. The van der Waals surface area contributed by atoms with Crippen LogP contribution in [0.25, 0.3) is 0 Å². The Bertz CT molecular complexity index is 683. The van der Waals surface area contributed by atoms with Crippen LogP contribution < -0.4 is 24.8 Å². The van der Waals surface area contributed by atoms with Crippen LogP contribution in [0, 0.1) is 5.92 Å². The third-order valence-electron chi connectivity index (χ3n) is 4.97.